The molecular weight excluding hydrogens is 374 g/mol. The molecule has 1 aliphatic rings. The van der Waals surface area contributed by atoms with E-state index in [-0.39, 0.29) is 17.6 Å². The van der Waals surface area contributed by atoms with Gasteiger partial charge in [-0.3, -0.25) is 14.2 Å². The third-order valence-corrected chi connectivity index (χ3v) is 5.83. The van der Waals surface area contributed by atoms with E-state index in [4.69, 9.17) is 0 Å². The summed E-state index contributed by atoms with van der Waals surface area (Å²) in [6.07, 6.45) is 5.62. The number of ketones is 1. The van der Waals surface area contributed by atoms with Gasteiger partial charge in [-0.1, -0.05) is 23.5 Å². The maximum absolute atomic E-state index is 12.8. The number of nitrogens with zero attached hydrogens (tertiary/aromatic N) is 4. The topological polar surface area (TPSA) is 80.1 Å². The summed E-state index contributed by atoms with van der Waals surface area (Å²) in [6.45, 7) is 2.99. The van der Waals surface area contributed by atoms with Gasteiger partial charge in [-0.25, -0.2) is 0 Å². The summed E-state index contributed by atoms with van der Waals surface area (Å²) in [5.74, 6) is -0.177. The highest BCUT2D eigenvalue weighted by Crippen LogP contribution is 2.28. The Morgan fingerprint density at radius 1 is 1.14 bits per heavy atom. The van der Waals surface area contributed by atoms with Crippen LogP contribution in [0.5, 0.6) is 0 Å². The minimum absolute atomic E-state index is 0.0188. The fourth-order valence-electron chi connectivity index (χ4n) is 3.33. The second-order valence-electron chi connectivity index (χ2n) is 6.87. The highest BCUT2D eigenvalue weighted by atomic mass is 32.1. The highest BCUT2D eigenvalue weighted by Gasteiger charge is 2.28. The summed E-state index contributed by atoms with van der Waals surface area (Å²) in [4.78, 5) is 26.4. The third-order valence-electron chi connectivity index (χ3n) is 4.83. The van der Waals surface area contributed by atoms with Crippen LogP contribution in [0.1, 0.15) is 30.1 Å². The zero-order chi connectivity index (χ0) is 19.5. The zero-order valence-electron chi connectivity index (χ0n) is 15.5. The van der Waals surface area contributed by atoms with Crippen LogP contribution in [0, 0.1) is 5.92 Å². The van der Waals surface area contributed by atoms with Crippen molar-refractivity contribution in [2.75, 3.05) is 23.3 Å². The molecule has 1 amide bonds. The quantitative estimate of drug-likeness (QED) is 0.670. The van der Waals surface area contributed by atoms with E-state index >= 15 is 0 Å². The number of benzene rings is 1. The van der Waals surface area contributed by atoms with Crippen LogP contribution >= 0.6 is 11.3 Å². The summed E-state index contributed by atoms with van der Waals surface area (Å²) in [6, 6.07) is 10.9. The predicted octanol–water partition coefficient (Wildman–Crippen LogP) is 3.39. The number of piperidine rings is 1. The van der Waals surface area contributed by atoms with Crippen LogP contribution < -0.4 is 10.2 Å². The zero-order valence-corrected chi connectivity index (χ0v) is 16.4. The Hall–Kier alpha value is -3.00. The lowest BCUT2D eigenvalue weighted by molar-refractivity contribution is -0.120. The van der Waals surface area contributed by atoms with Gasteiger partial charge < -0.3 is 10.2 Å². The smallest absolute Gasteiger partial charge is 0.229 e. The van der Waals surface area contributed by atoms with Crippen molar-refractivity contribution < 1.29 is 9.59 Å². The lowest BCUT2D eigenvalue weighted by atomic mass is 9.97. The molecule has 4 rings (SSSR count). The van der Waals surface area contributed by atoms with Gasteiger partial charge in [0.2, 0.25) is 16.2 Å². The monoisotopic (exact) mass is 395 g/mol. The van der Waals surface area contributed by atoms with Gasteiger partial charge in [0.05, 0.1) is 5.92 Å². The molecule has 0 spiro atoms. The number of hydrogen-bond acceptors (Lipinski definition) is 6. The molecule has 1 fully saturated rings. The molecule has 0 aliphatic carbocycles. The molecule has 1 saturated heterocycles. The van der Waals surface area contributed by atoms with E-state index in [0.29, 0.717) is 17.8 Å². The van der Waals surface area contributed by atoms with Gasteiger partial charge in [-0.2, -0.15) is 0 Å². The maximum Gasteiger partial charge on any atom is 0.229 e. The van der Waals surface area contributed by atoms with Crippen molar-refractivity contribution >= 4 is 33.8 Å². The molecule has 144 valence electrons. The van der Waals surface area contributed by atoms with Crippen molar-refractivity contribution in [3.05, 3.63) is 54.4 Å². The SMILES string of the molecule is CC(=O)c1cccc(NC(=O)[C@H]2CCCN(c3nnc(-n4cccc4)s3)C2)c1. The Labute approximate surface area is 167 Å². The first-order valence-corrected chi connectivity index (χ1v) is 10.1. The van der Waals surface area contributed by atoms with Crippen LogP contribution in [0.4, 0.5) is 10.8 Å². The number of nitrogens with one attached hydrogen (secondary N) is 1. The van der Waals surface area contributed by atoms with E-state index in [9.17, 15) is 9.59 Å². The molecule has 1 N–H and O–H groups in total. The summed E-state index contributed by atoms with van der Waals surface area (Å²) in [7, 11) is 0. The van der Waals surface area contributed by atoms with Gasteiger partial charge in [0.1, 0.15) is 0 Å². The summed E-state index contributed by atoms with van der Waals surface area (Å²) in [5.41, 5.74) is 1.25. The van der Waals surface area contributed by atoms with E-state index in [2.05, 4.69) is 20.4 Å². The largest absolute Gasteiger partial charge is 0.346 e. The first kappa shape index (κ1) is 18.4. The van der Waals surface area contributed by atoms with Crippen LogP contribution in [0.15, 0.2) is 48.8 Å². The second kappa shape index (κ2) is 7.93. The second-order valence-corrected chi connectivity index (χ2v) is 7.80. The summed E-state index contributed by atoms with van der Waals surface area (Å²) in [5, 5.41) is 13.2. The molecule has 0 saturated carbocycles. The Morgan fingerprint density at radius 2 is 1.93 bits per heavy atom. The minimum atomic E-state index is -0.131. The van der Waals surface area contributed by atoms with Gasteiger partial charge in [0.15, 0.2) is 5.78 Å². The molecule has 7 nitrogen and oxygen atoms in total. The van der Waals surface area contributed by atoms with E-state index in [1.807, 2.05) is 29.1 Å². The van der Waals surface area contributed by atoms with E-state index < -0.39 is 0 Å². The van der Waals surface area contributed by atoms with Crippen molar-refractivity contribution in [3.63, 3.8) is 0 Å². The number of hydrogen-bond donors (Lipinski definition) is 1. The summed E-state index contributed by atoms with van der Waals surface area (Å²) >= 11 is 1.52. The summed E-state index contributed by atoms with van der Waals surface area (Å²) < 4.78 is 1.93. The van der Waals surface area contributed by atoms with Crippen molar-refractivity contribution in [1.82, 2.24) is 14.8 Å². The van der Waals surface area contributed by atoms with Gasteiger partial charge in [-0.15, -0.1) is 10.2 Å². The fourth-order valence-corrected chi connectivity index (χ4v) is 4.18. The van der Waals surface area contributed by atoms with Crippen molar-refractivity contribution in [3.8, 4) is 5.13 Å². The number of carbonyl (C=O) groups is 2. The molecule has 0 bridgehead atoms. The third kappa shape index (κ3) is 3.96. The van der Waals surface area contributed by atoms with Crippen LogP contribution in [-0.2, 0) is 4.79 Å². The van der Waals surface area contributed by atoms with Crippen LogP contribution in [0.25, 0.3) is 5.13 Å². The standard InChI is InChI=1S/C20H21N5O2S/c1-14(26)15-6-4-8-17(12-15)21-18(27)16-7-5-11-25(13-16)20-23-22-19(28-20)24-9-2-3-10-24/h2-4,6,8-10,12,16H,5,7,11,13H2,1H3,(H,21,27)/t16-/m0/s1. The molecule has 1 aromatic carbocycles. The molecule has 0 radical (unpaired) electrons. The fraction of sp³-hybridized carbons (Fsp3) is 0.300. The van der Waals surface area contributed by atoms with Crippen molar-refractivity contribution in [2.45, 2.75) is 19.8 Å². The van der Waals surface area contributed by atoms with E-state index in [1.165, 1.54) is 18.3 Å². The molecule has 1 aliphatic heterocycles. The maximum atomic E-state index is 12.8. The molecule has 3 heterocycles. The van der Waals surface area contributed by atoms with Crippen LogP contribution in [-0.4, -0.2) is 39.5 Å². The lowest BCUT2D eigenvalue weighted by Crippen LogP contribution is -2.40. The van der Waals surface area contributed by atoms with E-state index in [0.717, 1.165) is 29.6 Å². The predicted molar refractivity (Wildman–Crippen MR) is 109 cm³/mol. The Bertz CT molecular complexity index is 982. The molecule has 28 heavy (non-hydrogen) atoms. The Kier molecular flexibility index (Phi) is 5.21. The van der Waals surface area contributed by atoms with Crippen molar-refractivity contribution in [2.24, 2.45) is 5.92 Å². The molecule has 1 atom stereocenters. The first-order chi connectivity index (χ1) is 13.6. The number of amides is 1. The Balaban J connectivity index is 1.43. The molecule has 2 aromatic heterocycles. The number of rotatable bonds is 5. The first-order valence-electron chi connectivity index (χ1n) is 9.24. The Morgan fingerprint density at radius 3 is 2.71 bits per heavy atom. The number of aromatic nitrogens is 3. The average Bonchev–Trinajstić information content (AvgIpc) is 3.40. The van der Waals surface area contributed by atoms with Crippen LogP contribution in [0.2, 0.25) is 0 Å². The highest BCUT2D eigenvalue weighted by molar-refractivity contribution is 7.17. The molecule has 0 unspecified atom stereocenters. The minimum Gasteiger partial charge on any atom is -0.346 e. The molecule has 8 heteroatoms. The number of Topliss-reactive ketones (excluding diaryl/α,β-unsaturated/α-hetero) is 1. The average molecular weight is 395 g/mol. The van der Waals surface area contributed by atoms with Gasteiger partial charge in [-0.05, 0) is 44.0 Å². The van der Waals surface area contributed by atoms with Crippen LogP contribution in [0.3, 0.4) is 0 Å². The number of anilines is 2. The normalized spacial score (nSPS) is 16.8. The molecular formula is C20H21N5O2S. The van der Waals surface area contributed by atoms with E-state index in [1.54, 1.807) is 24.3 Å². The van der Waals surface area contributed by atoms with Gasteiger partial charge >= 0.3 is 0 Å². The van der Waals surface area contributed by atoms with Crippen molar-refractivity contribution in [1.29, 1.82) is 0 Å². The molecule has 3 aromatic rings. The van der Waals surface area contributed by atoms with Gasteiger partial charge in [0.25, 0.3) is 0 Å². The van der Waals surface area contributed by atoms with Gasteiger partial charge in [0, 0.05) is 36.7 Å². The lowest BCUT2D eigenvalue weighted by Gasteiger charge is -2.31. The number of carbonyl (C=O) groups excluding carboxylic acids is 2.